The van der Waals surface area contributed by atoms with Crippen LogP contribution in [0.15, 0.2) is 58.8 Å². The first kappa shape index (κ1) is 21.6. The topological polar surface area (TPSA) is 98.6 Å². The number of hydrogen-bond acceptors (Lipinski definition) is 7. The SMILES string of the molecule is CNC(=O)C(=NOC)c1ccccc1C=NOC(C)C(=O)c1ccc(OC)cc1. The minimum atomic E-state index is -0.794. The second-order valence-electron chi connectivity index (χ2n) is 5.86. The van der Waals surface area contributed by atoms with E-state index in [9.17, 15) is 9.59 Å². The molecule has 2 aromatic rings. The van der Waals surface area contributed by atoms with Crippen LogP contribution < -0.4 is 10.1 Å². The van der Waals surface area contributed by atoms with E-state index in [1.807, 2.05) is 0 Å². The zero-order valence-electron chi connectivity index (χ0n) is 16.7. The summed E-state index contributed by atoms with van der Waals surface area (Å²) in [5.74, 6) is 0.0381. The van der Waals surface area contributed by atoms with Crippen molar-refractivity contribution in [3.8, 4) is 5.75 Å². The molecule has 0 aliphatic carbocycles. The van der Waals surface area contributed by atoms with Gasteiger partial charge in [0, 0.05) is 23.7 Å². The van der Waals surface area contributed by atoms with Crippen molar-refractivity contribution in [2.75, 3.05) is 21.3 Å². The van der Waals surface area contributed by atoms with E-state index in [0.717, 1.165) is 0 Å². The number of carbonyl (C=O) groups is 2. The summed E-state index contributed by atoms with van der Waals surface area (Å²) in [6, 6.07) is 13.7. The summed E-state index contributed by atoms with van der Waals surface area (Å²) in [7, 11) is 4.41. The first-order valence-electron chi connectivity index (χ1n) is 8.81. The number of nitrogens with zero attached hydrogens (tertiary/aromatic N) is 2. The van der Waals surface area contributed by atoms with Gasteiger partial charge < -0.3 is 19.7 Å². The van der Waals surface area contributed by atoms with Crippen LogP contribution in [0.4, 0.5) is 0 Å². The molecule has 0 heterocycles. The average molecular weight is 397 g/mol. The monoisotopic (exact) mass is 397 g/mol. The van der Waals surface area contributed by atoms with Crippen LogP contribution in [-0.2, 0) is 14.5 Å². The summed E-state index contributed by atoms with van der Waals surface area (Å²) in [6.07, 6.45) is 0.624. The maximum Gasteiger partial charge on any atom is 0.273 e. The molecule has 29 heavy (non-hydrogen) atoms. The molecule has 0 aliphatic rings. The Hall–Kier alpha value is -3.68. The molecule has 0 saturated heterocycles. The van der Waals surface area contributed by atoms with Crippen molar-refractivity contribution in [1.29, 1.82) is 0 Å². The second-order valence-corrected chi connectivity index (χ2v) is 5.86. The van der Waals surface area contributed by atoms with Gasteiger partial charge in [0.2, 0.25) is 5.78 Å². The molecule has 0 aromatic heterocycles. The Balaban J connectivity index is 2.14. The maximum atomic E-state index is 12.4. The lowest BCUT2D eigenvalue weighted by atomic mass is 10.0. The zero-order chi connectivity index (χ0) is 21.2. The first-order valence-corrected chi connectivity index (χ1v) is 8.81. The van der Waals surface area contributed by atoms with Crippen molar-refractivity contribution in [2.45, 2.75) is 13.0 Å². The molecule has 0 aliphatic heterocycles. The van der Waals surface area contributed by atoms with Crippen molar-refractivity contribution in [3.05, 3.63) is 65.2 Å². The van der Waals surface area contributed by atoms with E-state index < -0.39 is 12.0 Å². The Morgan fingerprint density at radius 2 is 1.76 bits per heavy atom. The Morgan fingerprint density at radius 1 is 1.07 bits per heavy atom. The van der Waals surface area contributed by atoms with Gasteiger partial charge in [0.15, 0.2) is 11.8 Å². The molecule has 2 aromatic carbocycles. The largest absolute Gasteiger partial charge is 0.497 e. The lowest BCUT2D eigenvalue weighted by Crippen LogP contribution is -2.29. The number of nitrogens with one attached hydrogen (secondary N) is 1. The van der Waals surface area contributed by atoms with Crippen LogP contribution in [0.25, 0.3) is 0 Å². The van der Waals surface area contributed by atoms with Gasteiger partial charge in [-0.05, 0) is 31.2 Å². The van der Waals surface area contributed by atoms with Crippen LogP contribution in [-0.4, -0.2) is 51.0 Å². The highest BCUT2D eigenvalue weighted by atomic mass is 16.6. The fraction of sp³-hybridized carbons (Fsp3) is 0.238. The molecular weight excluding hydrogens is 374 g/mol. The van der Waals surface area contributed by atoms with Crippen LogP contribution >= 0.6 is 0 Å². The summed E-state index contributed by atoms with van der Waals surface area (Å²) in [4.78, 5) is 34.6. The Bertz CT molecular complexity index is 907. The number of ketones is 1. The number of oxime groups is 2. The van der Waals surface area contributed by atoms with Crippen LogP contribution in [0, 0.1) is 0 Å². The number of ether oxygens (including phenoxy) is 1. The standard InChI is InChI=1S/C21H23N3O5/c1-14(20(25)15-9-11-17(27-3)12-10-15)29-23-13-16-7-5-6-8-18(16)19(24-28-4)21(26)22-2/h5-14H,1-4H3,(H,22,26). The van der Waals surface area contributed by atoms with Gasteiger partial charge in [-0.25, -0.2) is 0 Å². The summed E-state index contributed by atoms with van der Waals surface area (Å²) in [5.41, 5.74) is 1.67. The van der Waals surface area contributed by atoms with E-state index in [1.165, 1.54) is 20.4 Å². The third kappa shape index (κ3) is 5.65. The quantitative estimate of drug-likeness (QED) is 0.398. The first-order chi connectivity index (χ1) is 14.0. The number of amides is 1. The van der Waals surface area contributed by atoms with Gasteiger partial charge >= 0.3 is 0 Å². The highest BCUT2D eigenvalue weighted by Gasteiger charge is 2.18. The third-order valence-electron chi connectivity index (χ3n) is 4.00. The average Bonchev–Trinajstić information content (AvgIpc) is 2.77. The Morgan fingerprint density at radius 3 is 2.38 bits per heavy atom. The molecule has 1 atom stereocenters. The predicted octanol–water partition coefficient (Wildman–Crippen LogP) is 2.41. The molecule has 1 N–H and O–H groups in total. The minimum Gasteiger partial charge on any atom is -0.497 e. The van der Waals surface area contributed by atoms with Crippen LogP contribution in [0.2, 0.25) is 0 Å². The van der Waals surface area contributed by atoms with Crippen LogP contribution in [0.3, 0.4) is 0 Å². The third-order valence-corrected chi connectivity index (χ3v) is 4.00. The summed E-state index contributed by atoms with van der Waals surface area (Å²) >= 11 is 0. The fourth-order valence-corrected chi connectivity index (χ4v) is 2.46. The lowest BCUT2D eigenvalue weighted by molar-refractivity contribution is -0.114. The zero-order valence-corrected chi connectivity index (χ0v) is 16.7. The number of rotatable bonds is 9. The van der Waals surface area contributed by atoms with Crippen molar-refractivity contribution in [1.82, 2.24) is 5.32 Å². The molecule has 0 bridgehead atoms. The van der Waals surface area contributed by atoms with Crippen LogP contribution in [0.5, 0.6) is 5.75 Å². The van der Waals surface area contributed by atoms with Crippen molar-refractivity contribution < 1.29 is 24.0 Å². The smallest absolute Gasteiger partial charge is 0.273 e. The Kier molecular flexibility index (Phi) is 7.90. The van der Waals surface area contributed by atoms with Gasteiger partial charge in [-0.1, -0.05) is 34.6 Å². The lowest BCUT2D eigenvalue weighted by Gasteiger charge is -2.10. The minimum absolute atomic E-state index is 0.0967. The van der Waals surface area contributed by atoms with Gasteiger partial charge in [0.05, 0.1) is 13.3 Å². The van der Waals surface area contributed by atoms with Gasteiger partial charge in [-0.3, -0.25) is 9.59 Å². The molecule has 0 spiro atoms. The van der Waals surface area contributed by atoms with Gasteiger partial charge in [-0.2, -0.15) is 0 Å². The van der Waals surface area contributed by atoms with E-state index in [1.54, 1.807) is 62.6 Å². The second kappa shape index (κ2) is 10.6. The van der Waals surface area contributed by atoms with E-state index in [-0.39, 0.29) is 11.5 Å². The molecule has 1 unspecified atom stereocenters. The number of Topliss-reactive ketones (excluding diaryl/α,β-unsaturated/α-hetero) is 1. The van der Waals surface area contributed by atoms with Crippen molar-refractivity contribution in [2.24, 2.45) is 10.3 Å². The van der Waals surface area contributed by atoms with E-state index in [4.69, 9.17) is 14.4 Å². The number of benzene rings is 2. The summed E-state index contributed by atoms with van der Waals surface area (Å²) < 4.78 is 5.08. The van der Waals surface area contributed by atoms with E-state index >= 15 is 0 Å². The number of carbonyl (C=O) groups excluding carboxylic acids is 2. The van der Waals surface area contributed by atoms with Gasteiger partial charge in [-0.15, -0.1) is 0 Å². The molecule has 1 amide bonds. The van der Waals surface area contributed by atoms with Crippen molar-refractivity contribution in [3.63, 3.8) is 0 Å². The van der Waals surface area contributed by atoms with Crippen molar-refractivity contribution >= 4 is 23.6 Å². The summed E-state index contributed by atoms with van der Waals surface area (Å²) in [5, 5.41) is 10.2. The van der Waals surface area contributed by atoms with Gasteiger partial charge in [0.25, 0.3) is 5.91 Å². The Labute approximate surface area is 169 Å². The highest BCUT2D eigenvalue weighted by molar-refractivity contribution is 6.46. The number of methoxy groups -OCH3 is 1. The molecule has 2 rings (SSSR count). The molecular formula is C21H23N3O5. The molecule has 152 valence electrons. The molecule has 0 radical (unpaired) electrons. The van der Waals surface area contributed by atoms with E-state index in [2.05, 4.69) is 15.6 Å². The van der Waals surface area contributed by atoms with Crippen LogP contribution in [0.1, 0.15) is 28.4 Å². The summed E-state index contributed by atoms with van der Waals surface area (Å²) in [6.45, 7) is 1.61. The highest BCUT2D eigenvalue weighted by Crippen LogP contribution is 2.14. The molecule has 0 saturated carbocycles. The van der Waals surface area contributed by atoms with E-state index in [0.29, 0.717) is 22.4 Å². The number of likely N-dealkylation sites (N-methyl/N-ethyl adjacent to an activating group) is 1. The normalized spacial score (nSPS) is 12.3. The molecule has 0 fully saturated rings. The molecule has 8 nitrogen and oxygen atoms in total. The fourth-order valence-electron chi connectivity index (χ4n) is 2.46. The van der Waals surface area contributed by atoms with Gasteiger partial charge in [0.1, 0.15) is 12.9 Å². The predicted molar refractivity (Wildman–Crippen MR) is 110 cm³/mol. The maximum absolute atomic E-state index is 12.4. The number of hydrogen-bond donors (Lipinski definition) is 1. The molecule has 8 heteroatoms.